The molecule has 150 valence electrons. The van der Waals surface area contributed by atoms with Crippen molar-refractivity contribution in [3.8, 4) is 0 Å². The van der Waals surface area contributed by atoms with Gasteiger partial charge in [0.2, 0.25) is 5.91 Å². The SMILES string of the molecule is CCOC(=O)C1C(C)=NC(=O)N=C1SCC(=O)Nc1cccc(C(F)(F)F)c1. The van der Waals surface area contributed by atoms with Crippen molar-refractivity contribution in [2.45, 2.75) is 20.0 Å². The number of hydrogen-bond acceptors (Lipinski definition) is 5. The average Bonchev–Trinajstić information content (AvgIpc) is 2.59. The van der Waals surface area contributed by atoms with Gasteiger partial charge in [0.25, 0.3) is 0 Å². The van der Waals surface area contributed by atoms with Crippen molar-refractivity contribution in [3.05, 3.63) is 29.8 Å². The minimum Gasteiger partial charge on any atom is -0.465 e. The topological polar surface area (TPSA) is 97.2 Å². The lowest BCUT2D eigenvalue weighted by Crippen LogP contribution is -2.34. The zero-order chi connectivity index (χ0) is 20.9. The molecule has 1 unspecified atom stereocenters. The normalized spacial score (nSPS) is 16.9. The lowest BCUT2D eigenvalue weighted by atomic mass is 10.1. The second kappa shape index (κ2) is 9.00. The summed E-state index contributed by atoms with van der Waals surface area (Å²) in [4.78, 5) is 43.0. The highest BCUT2D eigenvalue weighted by molar-refractivity contribution is 8.14. The van der Waals surface area contributed by atoms with Crippen molar-refractivity contribution >= 4 is 46.1 Å². The van der Waals surface area contributed by atoms with Gasteiger partial charge in [-0.25, -0.2) is 4.79 Å². The predicted octanol–water partition coefficient (Wildman–Crippen LogP) is 3.55. The predicted molar refractivity (Wildman–Crippen MR) is 98.6 cm³/mol. The Morgan fingerprint density at radius 2 is 2.00 bits per heavy atom. The van der Waals surface area contributed by atoms with Crippen LogP contribution in [0.1, 0.15) is 19.4 Å². The summed E-state index contributed by atoms with van der Waals surface area (Å²) in [5, 5.41) is 2.39. The highest BCUT2D eigenvalue weighted by atomic mass is 32.2. The number of anilines is 1. The maximum absolute atomic E-state index is 12.7. The first-order valence-electron chi connectivity index (χ1n) is 8.06. The quantitative estimate of drug-likeness (QED) is 0.742. The first-order valence-corrected chi connectivity index (χ1v) is 9.04. The first-order chi connectivity index (χ1) is 13.1. The third-order valence-electron chi connectivity index (χ3n) is 3.49. The molecule has 0 radical (unpaired) electrons. The number of nitrogens with zero attached hydrogens (tertiary/aromatic N) is 2. The number of carbonyl (C=O) groups is 3. The molecule has 0 saturated carbocycles. The molecule has 0 spiro atoms. The Labute approximate surface area is 162 Å². The Balaban J connectivity index is 2.04. The van der Waals surface area contributed by atoms with Crippen LogP contribution in [0.2, 0.25) is 0 Å². The van der Waals surface area contributed by atoms with Crippen LogP contribution in [0.25, 0.3) is 0 Å². The largest absolute Gasteiger partial charge is 0.465 e. The van der Waals surface area contributed by atoms with Crippen LogP contribution >= 0.6 is 11.8 Å². The van der Waals surface area contributed by atoms with Crippen LogP contribution in [0.4, 0.5) is 23.7 Å². The van der Waals surface area contributed by atoms with E-state index in [2.05, 4.69) is 15.3 Å². The molecule has 1 aromatic rings. The summed E-state index contributed by atoms with van der Waals surface area (Å²) in [7, 11) is 0. The number of esters is 1. The van der Waals surface area contributed by atoms with Gasteiger partial charge in [-0.1, -0.05) is 17.8 Å². The summed E-state index contributed by atoms with van der Waals surface area (Å²) in [6.45, 7) is 3.20. The van der Waals surface area contributed by atoms with Gasteiger partial charge in [-0.3, -0.25) is 9.59 Å². The van der Waals surface area contributed by atoms with Gasteiger partial charge in [0.05, 0.1) is 23.0 Å². The number of benzene rings is 1. The zero-order valence-corrected chi connectivity index (χ0v) is 15.7. The minimum absolute atomic E-state index is 0.0261. The molecule has 1 N–H and O–H groups in total. The molecule has 0 saturated heterocycles. The molecule has 1 heterocycles. The van der Waals surface area contributed by atoms with Crippen molar-refractivity contribution in [1.82, 2.24) is 0 Å². The molecule has 11 heteroatoms. The van der Waals surface area contributed by atoms with Crippen LogP contribution in [0.5, 0.6) is 0 Å². The van der Waals surface area contributed by atoms with E-state index in [9.17, 15) is 27.6 Å². The maximum Gasteiger partial charge on any atom is 0.416 e. The Hall–Kier alpha value is -2.69. The molecule has 0 aliphatic carbocycles. The van der Waals surface area contributed by atoms with Crippen LogP contribution in [-0.4, -0.2) is 41.0 Å². The molecule has 0 aromatic heterocycles. The standard InChI is InChI=1S/C17H16F3N3O4S/c1-3-27-15(25)13-9(2)21-16(26)23-14(13)28-8-12(24)22-11-6-4-5-10(7-11)17(18,19)20/h4-7,13H,3,8H2,1-2H3,(H,22,24). The number of amides is 3. The molecule has 0 fully saturated rings. The van der Waals surface area contributed by atoms with Gasteiger partial charge in [-0.2, -0.15) is 23.2 Å². The van der Waals surface area contributed by atoms with E-state index in [1.807, 2.05) is 0 Å². The number of carbonyl (C=O) groups excluding carboxylic acids is 3. The molecular weight excluding hydrogens is 399 g/mol. The maximum atomic E-state index is 12.7. The van der Waals surface area contributed by atoms with Crippen LogP contribution < -0.4 is 5.32 Å². The van der Waals surface area contributed by atoms with Crippen LogP contribution in [0.15, 0.2) is 34.3 Å². The van der Waals surface area contributed by atoms with E-state index in [0.717, 1.165) is 23.9 Å². The van der Waals surface area contributed by atoms with E-state index >= 15 is 0 Å². The molecule has 2 rings (SSSR count). The lowest BCUT2D eigenvalue weighted by Gasteiger charge is -2.19. The third-order valence-corrected chi connectivity index (χ3v) is 4.52. The number of thioether (sulfide) groups is 1. The summed E-state index contributed by atoms with van der Waals surface area (Å²) in [6.07, 6.45) is -4.53. The van der Waals surface area contributed by atoms with Crippen molar-refractivity contribution < 1.29 is 32.3 Å². The van der Waals surface area contributed by atoms with Crippen LogP contribution in [-0.2, 0) is 20.5 Å². The lowest BCUT2D eigenvalue weighted by molar-refractivity contribution is -0.143. The van der Waals surface area contributed by atoms with E-state index in [1.54, 1.807) is 6.92 Å². The number of alkyl halides is 3. The number of rotatable bonds is 5. The second-order valence-electron chi connectivity index (χ2n) is 5.59. The van der Waals surface area contributed by atoms with Gasteiger partial charge in [-0.05, 0) is 32.0 Å². The molecule has 28 heavy (non-hydrogen) atoms. The van der Waals surface area contributed by atoms with Gasteiger partial charge in [0, 0.05) is 11.4 Å². The molecule has 3 amide bonds. The molecular formula is C17H16F3N3O4S. The summed E-state index contributed by atoms with van der Waals surface area (Å²) < 4.78 is 43.1. The Kier molecular flexibility index (Phi) is 6.95. The zero-order valence-electron chi connectivity index (χ0n) is 14.9. The summed E-state index contributed by atoms with van der Waals surface area (Å²) in [5.74, 6) is -2.54. The minimum atomic E-state index is -4.53. The number of urea groups is 1. The molecule has 1 aliphatic heterocycles. The second-order valence-corrected chi connectivity index (χ2v) is 6.58. The number of halogens is 3. The summed E-state index contributed by atoms with van der Waals surface area (Å²) in [5.41, 5.74) is -0.726. The van der Waals surface area contributed by atoms with E-state index in [4.69, 9.17) is 4.74 Å². The summed E-state index contributed by atoms with van der Waals surface area (Å²) in [6, 6.07) is 3.38. The first kappa shape index (κ1) is 21.6. The Morgan fingerprint density at radius 1 is 1.29 bits per heavy atom. The highest BCUT2D eigenvalue weighted by Crippen LogP contribution is 2.30. The molecule has 0 bridgehead atoms. The van der Waals surface area contributed by atoms with E-state index in [0.29, 0.717) is 0 Å². The van der Waals surface area contributed by atoms with Crippen molar-refractivity contribution in [3.63, 3.8) is 0 Å². The van der Waals surface area contributed by atoms with E-state index in [1.165, 1.54) is 19.1 Å². The molecule has 1 aromatic carbocycles. The van der Waals surface area contributed by atoms with Crippen molar-refractivity contribution in [2.75, 3.05) is 17.7 Å². The highest BCUT2D eigenvalue weighted by Gasteiger charge is 2.34. The van der Waals surface area contributed by atoms with E-state index < -0.39 is 35.6 Å². The Bertz CT molecular complexity index is 852. The molecule has 1 aliphatic rings. The Morgan fingerprint density at radius 3 is 2.64 bits per heavy atom. The van der Waals surface area contributed by atoms with Gasteiger partial charge < -0.3 is 10.1 Å². The number of nitrogens with one attached hydrogen (secondary N) is 1. The van der Waals surface area contributed by atoms with Gasteiger partial charge >= 0.3 is 18.2 Å². The van der Waals surface area contributed by atoms with Crippen molar-refractivity contribution in [2.24, 2.45) is 15.9 Å². The van der Waals surface area contributed by atoms with Crippen molar-refractivity contribution in [1.29, 1.82) is 0 Å². The summed E-state index contributed by atoms with van der Waals surface area (Å²) >= 11 is 0.817. The van der Waals surface area contributed by atoms with Crippen LogP contribution in [0, 0.1) is 5.92 Å². The molecule has 1 atom stereocenters. The number of ether oxygens (including phenoxy) is 1. The smallest absolute Gasteiger partial charge is 0.416 e. The van der Waals surface area contributed by atoms with E-state index in [-0.39, 0.29) is 28.8 Å². The average molecular weight is 415 g/mol. The monoisotopic (exact) mass is 415 g/mol. The van der Waals surface area contributed by atoms with Gasteiger partial charge in [0.15, 0.2) is 0 Å². The fourth-order valence-corrected chi connectivity index (χ4v) is 3.23. The molecule has 7 nitrogen and oxygen atoms in total. The van der Waals surface area contributed by atoms with Gasteiger partial charge in [-0.15, -0.1) is 0 Å². The third kappa shape index (κ3) is 5.65. The fourth-order valence-electron chi connectivity index (χ4n) is 2.30. The van der Waals surface area contributed by atoms with Crippen LogP contribution in [0.3, 0.4) is 0 Å². The van der Waals surface area contributed by atoms with Gasteiger partial charge in [0.1, 0.15) is 5.92 Å². The fraction of sp³-hybridized carbons (Fsp3) is 0.353. The number of aliphatic imine (C=N–C) groups is 2. The number of hydrogen-bond donors (Lipinski definition) is 1.